The Balaban J connectivity index is 1.93. The van der Waals surface area contributed by atoms with E-state index in [0.717, 1.165) is 0 Å². The fourth-order valence-electron chi connectivity index (χ4n) is 2.31. The van der Waals surface area contributed by atoms with Crippen molar-refractivity contribution in [2.75, 3.05) is 18.0 Å². The summed E-state index contributed by atoms with van der Waals surface area (Å²) >= 11 is 5.73. The van der Waals surface area contributed by atoms with Crippen molar-refractivity contribution in [3.05, 3.63) is 64.7 Å². The molecular weight excluding hydrogens is 350 g/mol. The average Bonchev–Trinajstić information content (AvgIpc) is 2.56. The van der Waals surface area contributed by atoms with Crippen LogP contribution in [-0.2, 0) is 16.0 Å². The minimum absolute atomic E-state index is 0.0882. The minimum atomic E-state index is -0.577. The van der Waals surface area contributed by atoms with Crippen LogP contribution in [0.15, 0.2) is 42.5 Å². The second-order valence-corrected chi connectivity index (χ2v) is 5.79. The molecule has 0 radical (unpaired) electrons. The van der Waals surface area contributed by atoms with Crippen molar-refractivity contribution in [1.82, 2.24) is 5.32 Å². The van der Waals surface area contributed by atoms with Gasteiger partial charge >= 0.3 is 0 Å². The average molecular weight is 367 g/mol. The highest BCUT2D eigenvalue weighted by Crippen LogP contribution is 2.22. The first-order chi connectivity index (χ1) is 11.9. The van der Waals surface area contributed by atoms with Crippen LogP contribution < -0.4 is 10.2 Å². The number of carbonyl (C=O) groups is 2. The number of nitrogens with one attached hydrogen (secondary N) is 1. The van der Waals surface area contributed by atoms with E-state index in [0.29, 0.717) is 11.3 Å². The van der Waals surface area contributed by atoms with Gasteiger partial charge < -0.3 is 10.2 Å². The molecule has 0 heterocycles. The highest BCUT2D eigenvalue weighted by molar-refractivity contribution is 6.31. The molecule has 0 unspecified atom stereocenters. The van der Waals surface area contributed by atoms with Crippen molar-refractivity contribution in [3.63, 3.8) is 0 Å². The van der Waals surface area contributed by atoms with Crippen LogP contribution >= 0.6 is 11.6 Å². The fourth-order valence-corrected chi connectivity index (χ4v) is 2.48. The first kappa shape index (κ1) is 18.9. The summed E-state index contributed by atoms with van der Waals surface area (Å²) in [4.78, 5) is 25.0. The number of rotatable bonds is 6. The van der Waals surface area contributed by atoms with Crippen LogP contribution in [-0.4, -0.2) is 24.9 Å². The highest BCUT2D eigenvalue weighted by atomic mass is 35.5. The Bertz CT molecular complexity index is 783. The Kier molecular flexibility index (Phi) is 6.47. The molecule has 132 valence electrons. The molecule has 7 heteroatoms. The van der Waals surface area contributed by atoms with Gasteiger partial charge in [-0.15, -0.1) is 0 Å². The van der Waals surface area contributed by atoms with Crippen molar-refractivity contribution >= 4 is 29.1 Å². The lowest BCUT2D eigenvalue weighted by Gasteiger charge is -2.21. The van der Waals surface area contributed by atoms with E-state index in [2.05, 4.69) is 5.32 Å². The van der Waals surface area contributed by atoms with Crippen molar-refractivity contribution in [2.45, 2.75) is 13.3 Å². The van der Waals surface area contributed by atoms with E-state index in [1.165, 1.54) is 42.2 Å². The molecule has 0 saturated carbocycles. The monoisotopic (exact) mass is 366 g/mol. The molecule has 0 bridgehead atoms. The van der Waals surface area contributed by atoms with Crippen molar-refractivity contribution in [1.29, 1.82) is 0 Å². The molecule has 0 aliphatic heterocycles. The number of benzene rings is 2. The van der Waals surface area contributed by atoms with Crippen LogP contribution in [0.5, 0.6) is 0 Å². The third-order valence-corrected chi connectivity index (χ3v) is 3.85. The van der Waals surface area contributed by atoms with Gasteiger partial charge in [-0.1, -0.05) is 29.8 Å². The number of halogens is 3. The first-order valence-electron chi connectivity index (χ1n) is 7.61. The van der Waals surface area contributed by atoms with Crippen LogP contribution in [0.3, 0.4) is 0 Å². The first-order valence-corrected chi connectivity index (χ1v) is 7.99. The third kappa shape index (κ3) is 5.26. The molecule has 2 aromatic carbocycles. The Morgan fingerprint density at radius 3 is 2.48 bits per heavy atom. The zero-order valence-corrected chi connectivity index (χ0v) is 14.3. The molecule has 4 nitrogen and oxygen atoms in total. The largest absolute Gasteiger partial charge is 0.354 e. The standard InChI is InChI=1S/C18H17ClF2N2O2/c1-12(24)23(14-6-7-17(21)15(19)11-14)9-8-22-18(25)10-13-4-2-3-5-16(13)20/h2-7,11H,8-10H2,1H3,(H,22,25). The maximum absolute atomic E-state index is 13.5. The van der Waals surface area contributed by atoms with Gasteiger partial charge in [0.15, 0.2) is 0 Å². The molecule has 0 saturated heterocycles. The second kappa shape index (κ2) is 8.58. The summed E-state index contributed by atoms with van der Waals surface area (Å²) in [6, 6.07) is 9.99. The maximum Gasteiger partial charge on any atom is 0.224 e. The van der Waals surface area contributed by atoms with Crippen LogP contribution in [0.1, 0.15) is 12.5 Å². The number of anilines is 1. The van der Waals surface area contributed by atoms with Crippen molar-refractivity contribution < 1.29 is 18.4 Å². The van der Waals surface area contributed by atoms with Gasteiger partial charge in [0, 0.05) is 25.7 Å². The van der Waals surface area contributed by atoms with Gasteiger partial charge in [-0.2, -0.15) is 0 Å². The predicted molar refractivity (Wildman–Crippen MR) is 92.6 cm³/mol. The molecule has 0 fully saturated rings. The lowest BCUT2D eigenvalue weighted by molar-refractivity contribution is -0.121. The van der Waals surface area contributed by atoms with Gasteiger partial charge in [0.1, 0.15) is 11.6 Å². The number of hydrogen-bond acceptors (Lipinski definition) is 2. The zero-order chi connectivity index (χ0) is 18.4. The summed E-state index contributed by atoms with van der Waals surface area (Å²) in [7, 11) is 0. The summed E-state index contributed by atoms with van der Waals surface area (Å²) in [5.74, 6) is -1.65. The lowest BCUT2D eigenvalue weighted by atomic mass is 10.1. The lowest BCUT2D eigenvalue weighted by Crippen LogP contribution is -2.38. The van der Waals surface area contributed by atoms with Crippen molar-refractivity contribution in [3.8, 4) is 0 Å². The van der Waals surface area contributed by atoms with Gasteiger partial charge in [-0.25, -0.2) is 8.78 Å². The predicted octanol–water partition coefficient (Wildman–Crippen LogP) is 3.33. The van der Waals surface area contributed by atoms with Crippen LogP contribution in [0.2, 0.25) is 5.02 Å². The molecule has 2 aromatic rings. The third-order valence-electron chi connectivity index (χ3n) is 3.56. The van der Waals surface area contributed by atoms with Crippen molar-refractivity contribution in [2.24, 2.45) is 0 Å². The van der Waals surface area contributed by atoms with Crippen LogP contribution in [0.25, 0.3) is 0 Å². The summed E-state index contributed by atoms with van der Waals surface area (Å²) in [6.45, 7) is 1.71. The molecule has 25 heavy (non-hydrogen) atoms. The van der Waals surface area contributed by atoms with Gasteiger partial charge in [0.2, 0.25) is 11.8 Å². The molecule has 2 rings (SSSR count). The summed E-state index contributed by atoms with van der Waals surface area (Å²) < 4.78 is 26.8. The van der Waals surface area contributed by atoms with E-state index < -0.39 is 11.6 Å². The minimum Gasteiger partial charge on any atom is -0.354 e. The molecular formula is C18H17ClF2N2O2. The van der Waals surface area contributed by atoms with E-state index >= 15 is 0 Å². The van der Waals surface area contributed by atoms with E-state index in [1.807, 2.05) is 0 Å². The van der Waals surface area contributed by atoms with E-state index in [1.54, 1.807) is 12.1 Å². The van der Waals surface area contributed by atoms with Gasteiger partial charge in [0.05, 0.1) is 11.4 Å². The Labute approximate surface area is 149 Å². The number of hydrogen-bond donors (Lipinski definition) is 1. The van der Waals surface area contributed by atoms with Gasteiger partial charge in [-0.05, 0) is 29.8 Å². The smallest absolute Gasteiger partial charge is 0.224 e. The van der Waals surface area contributed by atoms with Gasteiger partial charge in [0.25, 0.3) is 0 Å². The van der Waals surface area contributed by atoms with E-state index in [-0.39, 0.29) is 36.3 Å². The number of carbonyl (C=O) groups excluding carboxylic acids is 2. The topological polar surface area (TPSA) is 49.4 Å². The van der Waals surface area contributed by atoms with Gasteiger partial charge in [-0.3, -0.25) is 9.59 Å². The SMILES string of the molecule is CC(=O)N(CCNC(=O)Cc1ccccc1F)c1ccc(F)c(Cl)c1. The quantitative estimate of drug-likeness (QED) is 0.852. The fraction of sp³-hybridized carbons (Fsp3) is 0.222. The van der Waals surface area contributed by atoms with E-state index in [4.69, 9.17) is 11.6 Å². The Morgan fingerprint density at radius 2 is 1.84 bits per heavy atom. The van der Waals surface area contributed by atoms with Crippen LogP contribution in [0, 0.1) is 11.6 Å². The second-order valence-electron chi connectivity index (χ2n) is 5.39. The summed E-state index contributed by atoms with van der Waals surface area (Å²) in [5.41, 5.74) is 0.732. The van der Waals surface area contributed by atoms with Crippen LogP contribution in [0.4, 0.5) is 14.5 Å². The molecule has 1 N–H and O–H groups in total. The molecule has 0 aliphatic carbocycles. The maximum atomic E-state index is 13.5. The number of nitrogens with zero attached hydrogens (tertiary/aromatic N) is 1. The number of amides is 2. The molecule has 0 aliphatic rings. The molecule has 0 aromatic heterocycles. The van der Waals surface area contributed by atoms with E-state index in [9.17, 15) is 18.4 Å². The summed E-state index contributed by atoms with van der Waals surface area (Å²) in [5, 5.41) is 2.54. The molecule has 0 atom stereocenters. The highest BCUT2D eigenvalue weighted by Gasteiger charge is 2.14. The molecule has 0 spiro atoms. The zero-order valence-electron chi connectivity index (χ0n) is 13.6. The molecule has 2 amide bonds. The normalized spacial score (nSPS) is 10.4. The summed E-state index contributed by atoms with van der Waals surface area (Å²) in [6.07, 6.45) is -0.0882. The Hall–Kier alpha value is -2.47. The Morgan fingerprint density at radius 1 is 1.12 bits per heavy atom.